The molecule has 0 radical (unpaired) electrons. The zero-order valence-electron chi connectivity index (χ0n) is 13.1. The van der Waals surface area contributed by atoms with Crippen molar-refractivity contribution in [3.8, 4) is 0 Å². The van der Waals surface area contributed by atoms with Crippen LogP contribution in [-0.2, 0) is 9.53 Å². The summed E-state index contributed by atoms with van der Waals surface area (Å²) >= 11 is 0. The molecule has 0 aromatic heterocycles. The first-order valence-corrected chi connectivity index (χ1v) is 8.40. The van der Waals surface area contributed by atoms with Gasteiger partial charge in [0.2, 0.25) is 5.91 Å². The molecule has 0 bridgehead atoms. The Morgan fingerprint density at radius 1 is 1.30 bits per heavy atom. The summed E-state index contributed by atoms with van der Waals surface area (Å²) in [7, 11) is 0. The van der Waals surface area contributed by atoms with Crippen molar-refractivity contribution in [3.63, 3.8) is 0 Å². The van der Waals surface area contributed by atoms with E-state index in [0.29, 0.717) is 12.7 Å². The lowest BCUT2D eigenvalue weighted by molar-refractivity contribution is -0.131. The fourth-order valence-electron chi connectivity index (χ4n) is 3.31. The minimum absolute atomic E-state index is 0.0274. The van der Waals surface area contributed by atoms with Gasteiger partial charge in [-0.3, -0.25) is 10.1 Å². The third kappa shape index (κ3) is 4.19. The van der Waals surface area contributed by atoms with Gasteiger partial charge in [0.25, 0.3) is 0 Å². The van der Waals surface area contributed by atoms with Gasteiger partial charge in [0.1, 0.15) is 0 Å². The number of unbranched alkanes of at least 4 members (excludes halogenated alkanes) is 1. The van der Waals surface area contributed by atoms with Crippen LogP contribution in [0.4, 0.5) is 0 Å². The number of hydrogen-bond acceptors (Lipinski definition) is 3. The van der Waals surface area contributed by atoms with Gasteiger partial charge in [-0.2, -0.15) is 0 Å². The largest absolute Gasteiger partial charge is 0.376 e. The van der Waals surface area contributed by atoms with Crippen molar-refractivity contribution in [2.75, 3.05) is 13.2 Å². The maximum Gasteiger partial charge on any atom is 0.241 e. The molecule has 0 aromatic carbocycles. The van der Waals surface area contributed by atoms with Crippen LogP contribution in [0.3, 0.4) is 0 Å². The predicted molar refractivity (Wildman–Crippen MR) is 80.4 cm³/mol. The molecule has 1 aliphatic carbocycles. The number of nitrogens with one attached hydrogen (secondary N) is 1. The second kappa shape index (κ2) is 7.99. The summed E-state index contributed by atoms with van der Waals surface area (Å²) in [6, 6.07) is 0.0274. The molecule has 4 heteroatoms. The van der Waals surface area contributed by atoms with Crippen LogP contribution in [0, 0.1) is 0 Å². The average Bonchev–Trinajstić information content (AvgIpc) is 2.73. The van der Waals surface area contributed by atoms with Crippen molar-refractivity contribution in [2.24, 2.45) is 0 Å². The Labute approximate surface area is 123 Å². The van der Waals surface area contributed by atoms with E-state index in [-0.39, 0.29) is 18.1 Å². The molecule has 0 aromatic rings. The zero-order chi connectivity index (χ0) is 14.4. The predicted octanol–water partition coefficient (Wildman–Crippen LogP) is 2.67. The van der Waals surface area contributed by atoms with E-state index in [1.54, 1.807) is 0 Å². The molecule has 2 aliphatic rings. The lowest BCUT2D eigenvalue weighted by Gasteiger charge is -2.25. The Hall–Kier alpha value is -0.610. The highest BCUT2D eigenvalue weighted by Crippen LogP contribution is 2.20. The third-order valence-electron chi connectivity index (χ3n) is 4.58. The SMILES string of the molecule is CCCCC1NC(C)N(CCOC2CCCCC2)C1=O. The summed E-state index contributed by atoms with van der Waals surface area (Å²) < 4.78 is 5.94. The van der Waals surface area contributed by atoms with Crippen LogP contribution in [0.5, 0.6) is 0 Å². The Balaban J connectivity index is 1.70. The molecule has 1 N–H and O–H groups in total. The van der Waals surface area contributed by atoms with Gasteiger partial charge in [0.05, 0.1) is 24.9 Å². The first kappa shape index (κ1) is 15.8. The van der Waals surface area contributed by atoms with Crippen molar-refractivity contribution in [1.82, 2.24) is 10.2 Å². The summed E-state index contributed by atoms with van der Waals surface area (Å²) in [6.45, 7) is 5.65. The standard InChI is InChI=1S/C16H30N2O2/c1-3-4-10-15-16(19)18(13(2)17-15)11-12-20-14-8-6-5-7-9-14/h13-15,17H,3-12H2,1-2H3. The normalized spacial score (nSPS) is 28.3. The van der Waals surface area contributed by atoms with Crippen LogP contribution < -0.4 is 5.32 Å². The maximum absolute atomic E-state index is 12.3. The summed E-state index contributed by atoms with van der Waals surface area (Å²) in [4.78, 5) is 14.3. The monoisotopic (exact) mass is 282 g/mol. The fourth-order valence-corrected chi connectivity index (χ4v) is 3.31. The molecule has 4 nitrogen and oxygen atoms in total. The first-order valence-electron chi connectivity index (χ1n) is 8.40. The molecule has 1 saturated heterocycles. The summed E-state index contributed by atoms with van der Waals surface area (Å²) in [6.07, 6.45) is 10.1. The number of nitrogens with zero attached hydrogens (tertiary/aromatic N) is 1. The molecule has 116 valence electrons. The minimum atomic E-state index is 0.0274. The number of amides is 1. The van der Waals surface area contributed by atoms with Gasteiger partial charge in [0.15, 0.2) is 0 Å². The van der Waals surface area contributed by atoms with E-state index in [9.17, 15) is 4.79 Å². The lowest BCUT2D eigenvalue weighted by atomic mass is 9.98. The fraction of sp³-hybridized carbons (Fsp3) is 0.938. The van der Waals surface area contributed by atoms with Gasteiger partial charge in [-0.1, -0.05) is 39.0 Å². The molecular weight excluding hydrogens is 252 g/mol. The van der Waals surface area contributed by atoms with Crippen LogP contribution in [0.15, 0.2) is 0 Å². The molecule has 1 saturated carbocycles. The molecule has 0 spiro atoms. The Kier molecular flexibility index (Phi) is 6.30. The zero-order valence-corrected chi connectivity index (χ0v) is 13.1. The van der Waals surface area contributed by atoms with Crippen molar-refractivity contribution >= 4 is 5.91 Å². The van der Waals surface area contributed by atoms with Crippen LogP contribution in [0.25, 0.3) is 0 Å². The lowest BCUT2D eigenvalue weighted by Crippen LogP contribution is -2.37. The highest BCUT2D eigenvalue weighted by molar-refractivity contribution is 5.84. The number of rotatable bonds is 7. The third-order valence-corrected chi connectivity index (χ3v) is 4.58. The van der Waals surface area contributed by atoms with Gasteiger partial charge in [-0.05, 0) is 26.2 Å². The Morgan fingerprint density at radius 2 is 2.05 bits per heavy atom. The van der Waals surface area contributed by atoms with E-state index >= 15 is 0 Å². The topological polar surface area (TPSA) is 41.6 Å². The maximum atomic E-state index is 12.3. The highest BCUT2D eigenvalue weighted by Gasteiger charge is 2.35. The highest BCUT2D eigenvalue weighted by atomic mass is 16.5. The molecule has 20 heavy (non-hydrogen) atoms. The molecule has 1 heterocycles. The van der Waals surface area contributed by atoms with Crippen LogP contribution in [0.1, 0.15) is 65.2 Å². The minimum Gasteiger partial charge on any atom is -0.376 e. The number of carbonyl (C=O) groups is 1. The van der Waals surface area contributed by atoms with E-state index < -0.39 is 0 Å². The second-order valence-corrected chi connectivity index (χ2v) is 6.20. The Bertz CT molecular complexity index is 303. The van der Waals surface area contributed by atoms with Crippen molar-refractivity contribution in [1.29, 1.82) is 0 Å². The van der Waals surface area contributed by atoms with Crippen molar-refractivity contribution < 1.29 is 9.53 Å². The van der Waals surface area contributed by atoms with Crippen LogP contribution >= 0.6 is 0 Å². The Morgan fingerprint density at radius 3 is 2.75 bits per heavy atom. The number of hydrogen-bond donors (Lipinski definition) is 1. The summed E-state index contributed by atoms with van der Waals surface area (Å²) in [5, 5.41) is 3.40. The van der Waals surface area contributed by atoms with E-state index in [0.717, 1.165) is 25.8 Å². The van der Waals surface area contributed by atoms with Gasteiger partial charge in [-0.25, -0.2) is 0 Å². The van der Waals surface area contributed by atoms with Crippen LogP contribution in [0.2, 0.25) is 0 Å². The van der Waals surface area contributed by atoms with Gasteiger partial charge < -0.3 is 9.64 Å². The molecule has 2 fully saturated rings. The van der Waals surface area contributed by atoms with E-state index in [4.69, 9.17) is 4.74 Å². The van der Waals surface area contributed by atoms with E-state index in [2.05, 4.69) is 19.2 Å². The van der Waals surface area contributed by atoms with Crippen molar-refractivity contribution in [2.45, 2.75) is 83.5 Å². The molecule has 2 rings (SSSR count). The summed E-state index contributed by atoms with van der Waals surface area (Å²) in [5.41, 5.74) is 0. The average molecular weight is 282 g/mol. The van der Waals surface area contributed by atoms with Gasteiger partial charge in [0, 0.05) is 6.54 Å². The summed E-state index contributed by atoms with van der Waals surface area (Å²) in [5.74, 6) is 0.262. The first-order chi connectivity index (χ1) is 9.72. The second-order valence-electron chi connectivity index (χ2n) is 6.20. The van der Waals surface area contributed by atoms with Crippen LogP contribution in [-0.4, -0.2) is 42.3 Å². The van der Waals surface area contributed by atoms with E-state index in [1.165, 1.54) is 32.1 Å². The smallest absolute Gasteiger partial charge is 0.241 e. The van der Waals surface area contributed by atoms with Gasteiger partial charge >= 0.3 is 0 Å². The molecule has 2 unspecified atom stereocenters. The van der Waals surface area contributed by atoms with E-state index in [1.807, 2.05) is 4.90 Å². The molecule has 1 aliphatic heterocycles. The van der Waals surface area contributed by atoms with Crippen molar-refractivity contribution in [3.05, 3.63) is 0 Å². The number of carbonyl (C=O) groups excluding carboxylic acids is 1. The molecule has 2 atom stereocenters. The quantitative estimate of drug-likeness (QED) is 0.780. The molecule has 1 amide bonds. The molecular formula is C16H30N2O2. The number of ether oxygens (including phenoxy) is 1. The van der Waals surface area contributed by atoms with Gasteiger partial charge in [-0.15, -0.1) is 0 Å².